The molecular formula is C13H25N. The molecular weight excluding hydrogens is 170 g/mol. The molecule has 1 nitrogen and oxygen atoms in total. The summed E-state index contributed by atoms with van der Waals surface area (Å²) in [4.78, 5) is 0. The molecule has 0 atom stereocenters. The topological polar surface area (TPSA) is 26.0 Å². The standard InChI is InChI=1S/C8H12.C3H7N.C2H6/c1-4-5-6-7-8(2)3;1-2-3-4;1-2/h4-7H,2H2,1,3H3;2-3H,4H2,1H3;1-2H3/b5-4-,7-6-;3-2-;. The van der Waals surface area contributed by atoms with Crippen molar-refractivity contribution < 1.29 is 0 Å². The van der Waals surface area contributed by atoms with E-state index in [-0.39, 0.29) is 0 Å². The second-order valence-electron chi connectivity index (χ2n) is 2.26. The van der Waals surface area contributed by atoms with E-state index >= 15 is 0 Å². The van der Waals surface area contributed by atoms with Crippen molar-refractivity contribution in [2.45, 2.75) is 34.6 Å². The maximum absolute atomic E-state index is 4.85. The molecule has 0 aromatic rings. The highest BCUT2D eigenvalue weighted by Gasteiger charge is 1.66. The monoisotopic (exact) mass is 195 g/mol. The van der Waals surface area contributed by atoms with Crippen LogP contribution in [0.2, 0.25) is 0 Å². The van der Waals surface area contributed by atoms with Crippen molar-refractivity contribution in [3.63, 3.8) is 0 Å². The van der Waals surface area contributed by atoms with E-state index in [4.69, 9.17) is 5.73 Å². The zero-order chi connectivity index (χ0) is 11.8. The average Bonchev–Trinajstić information content (AvgIpc) is 2.21. The minimum atomic E-state index is 1.09. The summed E-state index contributed by atoms with van der Waals surface area (Å²) in [5.41, 5.74) is 5.93. The highest BCUT2D eigenvalue weighted by Crippen LogP contribution is 1.88. The summed E-state index contributed by atoms with van der Waals surface area (Å²) in [6.45, 7) is 13.5. The van der Waals surface area contributed by atoms with Gasteiger partial charge in [0, 0.05) is 0 Å². The van der Waals surface area contributed by atoms with Crippen molar-refractivity contribution in [3.05, 3.63) is 48.7 Å². The first-order valence-corrected chi connectivity index (χ1v) is 4.96. The molecule has 0 saturated heterocycles. The van der Waals surface area contributed by atoms with Crippen LogP contribution >= 0.6 is 0 Å². The van der Waals surface area contributed by atoms with Gasteiger partial charge in [0.15, 0.2) is 0 Å². The van der Waals surface area contributed by atoms with E-state index in [1.165, 1.54) is 6.20 Å². The largest absolute Gasteiger partial charge is 0.405 e. The Morgan fingerprint density at radius 3 is 1.71 bits per heavy atom. The third kappa shape index (κ3) is 45.2. The Hall–Kier alpha value is -1.24. The van der Waals surface area contributed by atoms with E-state index in [0.717, 1.165) is 5.57 Å². The molecule has 0 rings (SSSR count). The van der Waals surface area contributed by atoms with E-state index < -0.39 is 0 Å². The summed E-state index contributed by atoms with van der Waals surface area (Å²) >= 11 is 0. The van der Waals surface area contributed by atoms with Gasteiger partial charge in [0.1, 0.15) is 0 Å². The van der Waals surface area contributed by atoms with Crippen LogP contribution in [0.25, 0.3) is 0 Å². The summed E-state index contributed by atoms with van der Waals surface area (Å²) in [5, 5.41) is 0. The number of hydrogen-bond acceptors (Lipinski definition) is 1. The molecule has 0 aliphatic rings. The Balaban J connectivity index is -0.000000170. The van der Waals surface area contributed by atoms with Gasteiger partial charge in [-0.15, -0.1) is 0 Å². The van der Waals surface area contributed by atoms with Crippen LogP contribution in [0.15, 0.2) is 48.7 Å². The lowest BCUT2D eigenvalue weighted by Crippen LogP contribution is -1.70. The molecule has 1 heteroatoms. The maximum Gasteiger partial charge on any atom is -0.0106 e. The molecule has 0 unspecified atom stereocenters. The van der Waals surface area contributed by atoms with Gasteiger partial charge >= 0.3 is 0 Å². The Labute approximate surface area is 89.7 Å². The Morgan fingerprint density at radius 2 is 1.50 bits per heavy atom. The van der Waals surface area contributed by atoms with Crippen LogP contribution in [0, 0.1) is 0 Å². The highest BCUT2D eigenvalue weighted by atomic mass is 14.5. The fraction of sp³-hybridized carbons (Fsp3) is 0.385. The molecule has 0 aliphatic carbocycles. The Kier molecular flexibility index (Phi) is 29.9. The smallest absolute Gasteiger partial charge is 0.0106 e. The van der Waals surface area contributed by atoms with Gasteiger partial charge in [0.2, 0.25) is 0 Å². The van der Waals surface area contributed by atoms with Crippen LogP contribution in [-0.2, 0) is 0 Å². The molecule has 0 fully saturated rings. The molecule has 0 aliphatic heterocycles. The average molecular weight is 195 g/mol. The summed E-state index contributed by atoms with van der Waals surface area (Å²) in [6.07, 6.45) is 11.2. The van der Waals surface area contributed by atoms with Crippen molar-refractivity contribution in [3.8, 4) is 0 Å². The van der Waals surface area contributed by atoms with Crippen molar-refractivity contribution >= 4 is 0 Å². The van der Waals surface area contributed by atoms with E-state index in [2.05, 4.69) is 6.58 Å². The molecule has 0 radical (unpaired) electrons. The quantitative estimate of drug-likeness (QED) is 0.657. The summed E-state index contributed by atoms with van der Waals surface area (Å²) in [7, 11) is 0. The maximum atomic E-state index is 4.85. The molecule has 0 aromatic heterocycles. The second kappa shape index (κ2) is 22.6. The van der Waals surface area contributed by atoms with Crippen LogP contribution in [0.4, 0.5) is 0 Å². The minimum Gasteiger partial charge on any atom is -0.405 e. The van der Waals surface area contributed by atoms with E-state index in [1.54, 1.807) is 6.08 Å². The Bertz CT molecular complexity index is 170. The van der Waals surface area contributed by atoms with Crippen molar-refractivity contribution in [2.24, 2.45) is 5.73 Å². The predicted octanol–water partition coefficient (Wildman–Crippen LogP) is 4.20. The third-order valence-corrected chi connectivity index (χ3v) is 0.877. The zero-order valence-electron chi connectivity index (χ0n) is 10.2. The number of allylic oxidation sites excluding steroid dienone is 6. The summed E-state index contributed by atoms with van der Waals surface area (Å²) < 4.78 is 0. The van der Waals surface area contributed by atoms with E-state index in [1.807, 2.05) is 58.9 Å². The first-order chi connectivity index (χ1) is 6.68. The van der Waals surface area contributed by atoms with Gasteiger partial charge in [-0.2, -0.15) is 0 Å². The molecule has 82 valence electrons. The normalized spacial score (nSPS) is 9.50. The molecule has 0 amide bonds. The fourth-order valence-corrected chi connectivity index (χ4v) is 0.331. The van der Waals surface area contributed by atoms with Crippen LogP contribution in [-0.4, -0.2) is 0 Å². The minimum absolute atomic E-state index is 1.09. The third-order valence-electron chi connectivity index (χ3n) is 0.877. The lowest BCUT2D eigenvalue weighted by molar-refractivity contribution is 1.50. The highest BCUT2D eigenvalue weighted by molar-refractivity contribution is 5.16. The summed E-state index contributed by atoms with van der Waals surface area (Å²) in [5.74, 6) is 0. The van der Waals surface area contributed by atoms with Crippen LogP contribution < -0.4 is 5.73 Å². The number of rotatable bonds is 2. The van der Waals surface area contributed by atoms with Gasteiger partial charge in [-0.1, -0.05) is 56.4 Å². The Morgan fingerprint density at radius 1 is 1.07 bits per heavy atom. The first kappa shape index (κ1) is 18.5. The predicted molar refractivity (Wildman–Crippen MR) is 69.1 cm³/mol. The van der Waals surface area contributed by atoms with Gasteiger partial charge in [0.05, 0.1) is 0 Å². The molecule has 0 saturated carbocycles. The molecule has 0 aromatic carbocycles. The molecule has 14 heavy (non-hydrogen) atoms. The molecule has 0 bridgehead atoms. The lowest BCUT2D eigenvalue weighted by Gasteiger charge is -1.78. The molecule has 0 heterocycles. The lowest BCUT2D eigenvalue weighted by atomic mass is 10.3. The van der Waals surface area contributed by atoms with Gasteiger partial charge in [-0.3, -0.25) is 0 Å². The SMILES string of the molecule is C/C=C\N.C=C(C)/C=C\C=C/C.CC. The zero-order valence-corrected chi connectivity index (χ0v) is 10.2. The van der Waals surface area contributed by atoms with Gasteiger partial charge in [0.25, 0.3) is 0 Å². The van der Waals surface area contributed by atoms with Crippen LogP contribution in [0.1, 0.15) is 34.6 Å². The first-order valence-electron chi connectivity index (χ1n) is 4.96. The van der Waals surface area contributed by atoms with E-state index in [9.17, 15) is 0 Å². The molecule has 2 N–H and O–H groups in total. The van der Waals surface area contributed by atoms with Gasteiger partial charge < -0.3 is 5.73 Å². The van der Waals surface area contributed by atoms with Crippen molar-refractivity contribution in [1.82, 2.24) is 0 Å². The number of hydrogen-bond donors (Lipinski definition) is 1. The van der Waals surface area contributed by atoms with Crippen LogP contribution in [0.5, 0.6) is 0 Å². The van der Waals surface area contributed by atoms with Crippen molar-refractivity contribution in [2.75, 3.05) is 0 Å². The van der Waals surface area contributed by atoms with Crippen LogP contribution in [0.3, 0.4) is 0 Å². The number of nitrogens with two attached hydrogens (primary N) is 1. The fourth-order valence-electron chi connectivity index (χ4n) is 0.331. The van der Waals surface area contributed by atoms with Gasteiger partial charge in [-0.05, 0) is 27.0 Å². The van der Waals surface area contributed by atoms with Gasteiger partial charge in [-0.25, -0.2) is 0 Å². The van der Waals surface area contributed by atoms with Crippen molar-refractivity contribution in [1.29, 1.82) is 0 Å². The second-order valence-corrected chi connectivity index (χ2v) is 2.26. The molecule has 0 spiro atoms. The van der Waals surface area contributed by atoms with E-state index in [0.29, 0.717) is 0 Å². The summed E-state index contributed by atoms with van der Waals surface area (Å²) in [6, 6.07) is 0.